The largest absolute Gasteiger partial charge is 0.497 e. The van der Waals surface area contributed by atoms with E-state index >= 15 is 0 Å². The Morgan fingerprint density at radius 1 is 0.960 bits per heavy atom. The monoisotopic (exact) mass is 341 g/mol. The molecule has 0 bridgehead atoms. The van der Waals surface area contributed by atoms with Crippen LogP contribution in [0.25, 0.3) is 0 Å². The lowest BCUT2D eigenvalue weighted by Crippen LogP contribution is -2.33. The molecule has 2 aromatic rings. The molecule has 0 aliphatic rings. The highest BCUT2D eigenvalue weighted by Gasteiger charge is 2.18. The summed E-state index contributed by atoms with van der Waals surface area (Å²) in [6, 6.07) is 15.7. The summed E-state index contributed by atoms with van der Waals surface area (Å²) in [7, 11) is 3.30. The topological polar surface area (TPSA) is 47.6 Å². The van der Waals surface area contributed by atoms with Crippen molar-refractivity contribution in [2.75, 3.05) is 14.2 Å². The third-order valence-electron chi connectivity index (χ3n) is 4.49. The predicted molar refractivity (Wildman–Crippen MR) is 100 cm³/mol. The van der Waals surface area contributed by atoms with Crippen LogP contribution in [0.4, 0.5) is 0 Å². The summed E-state index contributed by atoms with van der Waals surface area (Å²) in [4.78, 5) is 12.4. The first-order chi connectivity index (χ1) is 12.1. The lowest BCUT2D eigenvalue weighted by Gasteiger charge is -2.22. The first kappa shape index (κ1) is 18.8. The Morgan fingerprint density at radius 2 is 1.48 bits per heavy atom. The van der Waals surface area contributed by atoms with Gasteiger partial charge in [0.05, 0.1) is 20.3 Å². The van der Waals surface area contributed by atoms with Gasteiger partial charge in [-0.25, -0.2) is 0 Å². The second kappa shape index (κ2) is 9.11. The highest BCUT2D eigenvalue weighted by atomic mass is 16.5. The molecule has 0 aliphatic carbocycles. The molecule has 2 atom stereocenters. The normalized spacial score (nSPS) is 13.0. The zero-order valence-corrected chi connectivity index (χ0v) is 15.4. The average Bonchev–Trinajstić information content (AvgIpc) is 2.67. The van der Waals surface area contributed by atoms with Gasteiger partial charge in [-0.1, -0.05) is 38.1 Å². The van der Waals surface area contributed by atoms with Crippen LogP contribution in [0, 0.1) is 5.92 Å². The lowest BCUT2D eigenvalue weighted by molar-refractivity contribution is -0.125. The number of hydrogen-bond acceptors (Lipinski definition) is 3. The number of hydrogen-bond donors (Lipinski definition) is 1. The maximum Gasteiger partial charge on any atom is 0.223 e. The smallest absolute Gasteiger partial charge is 0.223 e. The highest BCUT2D eigenvalue weighted by Crippen LogP contribution is 2.23. The third-order valence-corrected chi connectivity index (χ3v) is 4.49. The fourth-order valence-corrected chi connectivity index (χ4v) is 2.59. The summed E-state index contributed by atoms with van der Waals surface area (Å²) in [5.41, 5.74) is 2.21. The minimum atomic E-state index is -0.0826. The fourth-order valence-electron chi connectivity index (χ4n) is 2.59. The van der Waals surface area contributed by atoms with E-state index in [1.165, 1.54) is 0 Å². The molecule has 0 saturated heterocycles. The van der Waals surface area contributed by atoms with Crippen LogP contribution < -0.4 is 14.8 Å². The van der Waals surface area contributed by atoms with E-state index in [9.17, 15) is 4.79 Å². The quantitative estimate of drug-likeness (QED) is 0.784. The van der Waals surface area contributed by atoms with Gasteiger partial charge < -0.3 is 14.8 Å². The Labute approximate surface area is 150 Å². The molecule has 2 rings (SSSR count). The molecule has 0 aromatic heterocycles. The van der Waals surface area contributed by atoms with Gasteiger partial charge in [0, 0.05) is 5.92 Å². The van der Waals surface area contributed by atoms with Crippen LogP contribution in [0.2, 0.25) is 0 Å². The predicted octanol–water partition coefficient (Wildman–Crippen LogP) is 4.15. The van der Waals surface area contributed by atoms with E-state index in [1.54, 1.807) is 14.2 Å². The van der Waals surface area contributed by atoms with Crippen molar-refractivity contribution in [2.45, 2.75) is 32.7 Å². The molecule has 0 saturated carbocycles. The van der Waals surface area contributed by atoms with Gasteiger partial charge in [-0.3, -0.25) is 4.79 Å². The number of nitrogens with one attached hydrogen (secondary N) is 1. The van der Waals surface area contributed by atoms with Crippen molar-refractivity contribution in [3.63, 3.8) is 0 Å². The van der Waals surface area contributed by atoms with Crippen molar-refractivity contribution in [1.29, 1.82) is 0 Å². The fraction of sp³-hybridized carbons (Fsp3) is 0.381. The van der Waals surface area contributed by atoms with Gasteiger partial charge in [-0.05, 0) is 48.2 Å². The van der Waals surface area contributed by atoms with E-state index in [0.717, 1.165) is 35.5 Å². The molecule has 25 heavy (non-hydrogen) atoms. The molecular weight excluding hydrogens is 314 g/mol. The minimum Gasteiger partial charge on any atom is -0.497 e. The lowest BCUT2D eigenvalue weighted by atomic mass is 9.97. The third kappa shape index (κ3) is 5.24. The number of carbonyl (C=O) groups excluding carboxylic acids is 1. The average molecular weight is 341 g/mol. The molecule has 134 valence electrons. The second-order valence-electron chi connectivity index (χ2n) is 6.20. The minimum absolute atomic E-state index is 0.00313. The number of benzene rings is 2. The maximum absolute atomic E-state index is 12.4. The first-order valence-electron chi connectivity index (χ1n) is 8.64. The van der Waals surface area contributed by atoms with E-state index in [2.05, 4.69) is 5.32 Å². The molecule has 4 heteroatoms. The Bertz CT molecular complexity index is 665. The van der Waals surface area contributed by atoms with Crippen LogP contribution in [0.5, 0.6) is 11.5 Å². The van der Waals surface area contributed by atoms with Gasteiger partial charge in [0.15, 0.2) is 0 Å². The zero-order valence-electron chi connectivity index (χ0n) is 15.4. The number of carbonyl (C=O) groups is 1. The molecule has 1 N–H and O–H groups in total. The summed E-state index contributed by atoms with van der Waals surface area (Å²) in [6.07, 6.45) is 1.54. The Hall–Kier alpha value is -2.49. The van der Waals surface area contributed by atoms with E-state index < -0.39 is 0 Å². The van der Waals surface area contributed by atoms with Crippen LogP contribution in [0.1, 0.15) is 37.4 Å². The van der Waals surface area contributed by atoms with Crippen molar-refractivity contribution in [1.82, 2.24) is 5.32 Å². The second-order valence-corrected chi connectivity index (χ2v) is 6.20. The molecule has 0 radical (unpaired) electrons. The van der Waals surface area contributed by atoms with Crippen molar-refractivity contribution in [3.8, 4) is 11.5 Å². The van der Waals surface area contributed by atoms with E-state index in [4.69, 9.17) is 9.47 Å². The molecule has 2 aromatic carbocycles. The van der Waals surface area contributed by atoms with E-state index in [1.807, 2.05) is 62.4 Å². The number of amides is 1. The van der Waals surface area contributed by atoms with Crippen LogP contribution in [-0.4, -0.2) is 20.1 Å². The van der Waals surface area contributed by atoms with Gasteiger partial charge >= 0.3 is 0 Å². The van der Waals surface area contributed by atoms with Crippen LogP contribution in [0.15, 0.2) is 48.5 Å². The summed E-state index contributed by atoms with van der Waals surface area (Å²) in [5.74, 6) is 1.71. The summed E-state index contributed by atoms with van der Waals surface area (Å²) in [6.45, 7) is 3.98. The van der Waals surface area contributed by atoms with Gasteiger partial charge in [-0.2, -0.15) is 0 Å². The first-order valence-corrected chi connectivity index (χ1v) is 8.64. The highest BCUT2D eigenvalue weighted by molar-refractivity contribution is 5.78. The Balaban J connectivity index is 2.21. The van der Waals surface area contributed by atoms with Crippen LogP contribution in [-0.2, 0) is 11.2 Å². The van der Waals surface area contributed by atoms with Gasteiger partial charge in [0.1, 0.15) is 11.5 Å². The van der Waals surface area contributed by atoms with Crippen molar-refractivity contribution < 1.29 is 14.3 Å². The Kier molecular flexibility index (Phi) is 6.87. The Morgan fingerprint density at radius 3 is 1.96 bits per heavy atom. The maximum atomic E-state index is 12.4. The number of methoxy groups -OCH3 is 2. The molecule has 0 heterocycles. The number of ether oxygens (including phenoxy) is 2. The molecule has 0 unspecified atom stereocenters. The molecule has 1 amide bonds. The van der Waals surface area contributed by atoms with Gasteiger partial charge in [-0.15, -0.1) is 0 Å². The van der Waals surface area contributed by atoms with Crippen LogP contribution in [0.3, 0.4) is 0 Å². The van der Waals surface area contributed by atoms with Gasteiger partial charge in [0.2, 0.25) is 5.91 Å². The molecule has 4 nitrogen and oxygen atoms in total. The molecule has 0 aliphatic heterocycles. The molecule has 0 fully saturated rings. The summed E-state index contributed by atoms with van der Waals surface area (Å²) < 4.78 is 10.4. The van der Waals surface area contributed by atoms with Crippen molar-refractivity contribution in [2.24, 2.45) is 5.92 Å². The van der Waals surface area contributed by atoms with E-state index in [-0.39, 0.29) is 17.9 Å². The summed E-state index contributed by atoms with van der Waals surface area (Å²) >= 11 is 0. The summed E-state index contributed by atoms with van der Waals surface area (Å²) in [5, 5.41) is 3.19. The van der Waals surface area contributed by atoms with E-state index in [0.29, 0.717) is 0 Å². The number of rotatable bonds is 8. The van der Waals surface area contributed by atoms with Crippen molar-refractivity contribution >= 4 is 5.91 Å². The molecular formula is C21H27NO3. The molecule has 0 spiro atoms. The van der Waals surface area contributed by atoms with Crippen molar-refractivity contribution in [3.05, 3.63) is 59.7 Å². The van der Waals surface area contributed by atoms with Gasteiger partial charge in [0.25, 0.3) is 0 Å². The SMILES string of the molecule is CC[C@H](C)C(=O)N[C@@H](Cc1ccc(OC)cc1)c1ccc(OC)cc1. The zero-order chi connectivity index (χ0) is 18.2. The standard InChI is InChI=1S/C21H27NO3/c1-5-15(2)21(23)22-20(17-8-12-19(25-4)13-9-17)14-16-6-10-18(24-3)11-7-16/h6-13,15,20H,5,14H2,1-4H3,(H,22,23)/t15-,20-/m0/s1. The van der Waals surface area contributed by atoms with Crippen LogP contribution >= 0.6 is 0 Å².